The lowest BCUT2D eigenvalue weighted by Crippen LogP contribution is -1.85. The van der Waals surface area contributed by atoms with Gasteiger partial charge in [0.1, 0.15) is 0 Å². The second-order valence-electron chi connectivity index (χ2n) is 1.72. The molecule has 0 saturated carbocycles. The van der Waals surface area contributed by atoms with E-state index >= 15 is 0 Å². The zero-order valence-corrected chi connectivity index (χ0v) is 6.89. The zero-order chi connectivity index (χ0) is 7.72. The number of hydrogen-bond donors (Lipinski definition) is 1. The fourth-order valence-electron chi connectivity index (χ4n) is 0.542. The molecular weight excluding hydrogens is 253 g/mol. The zero-order valence-electron chi connectivity index (χ0n) is 4.74. The number of halogens is 3. The minimum absolute atomic E-state index is 0.467. The first-order valence-electron chi connectivity index (χ1n) is 2.45. The minimum atomic E-state index is -1.19. The Bertz CT molecular complexity index is 239. The Labute approximate surface area is 69.8 Å². The summed E-state index contributed by atoms with van der Waals surface area (Å²) in [5.74, 6) is -2.87. The Hall–Kier alpha value is -0.390. The first-order chi connectivity index (χ1) is 4.61. The van der Waals surface area contributed by atoms with Crippen LogP contribution >= 0.6 is 22.6 Å². The summed E-state index contributed by atoms with van der Waals surface area (Å²) in [6, 6.07) is 2.16. The van der Waals surface area contributed by atoms with Crippen molar-refractivity contribution in [1.82, 2.24) is 0 Å². The van der Waals surface area contributed by atoms with E-state index in [4.69, 9.17) is 5.11 Å². The molecule has 0 aliphatic rings. The topological polar surface area (TPSA) is 20.2 Å². The predicted molar refractivity (Wildman–Crippen MR) is 40.7 cm³/mol. The van der Waals surface area contributed by atoms with Crippen molar-refractivity contribution in [1.29, 1.82) is 0 Å². The number of benzene rings is 1. The molecule has 0 saturated heterocycles. The molecule has 0 atom stereocenters. The number of hydrogen-bond acceptors (Lipinski definition) is 1. The fraction of sp³-hybridized carbons (Fsp3) is 0. The largest absolute Gasteiger partial charge is 0.505 e. The highest BCUT2D eigenvalue weighted by Crippen LogP contribution is 2.21. The van der Waals surface area contributed by atoms with Gasteiger partial charge in [0.05, 0.1) is 0 Å². The Morgan fingerprint density at radius 1 is 1.30 bits per heavy atom. The maximum absolute atomic E-state index is 12.3. The second-order valence-corrected chi connectivity index (χ2v) is 2.97. The molecule has 0 aromatic heterocycles. The number of phenolic OH excluding ortho intramolecular Hbond substituents is 1. The van der Waals surface area contributed by atoms with Gasteiger partial charge in [-0.25, -0.2) is 4.39 Å². The van der Waals surface area contributed by atoms with Crippen LogP contribution in [0.2, 0.25) is 0 Å². The normalized spacial score (nSPS) is 9.90. The van der Waals surface area contributed by atoms with Gasteiger partial charge in [-0.05, 0) is 34.7 Å². The molecule has 1 nitrogen and oxygen atoms in total. The van der Waals surface area contributed by atoms with Gasteiger partial charge in [-0.3, -0.25) is 0 Å². The van der Waals surface area contributed by atoms with E-state index < -0.39 is 17.4 Å². The highest BCUT2D eigenvalue weighted by molar-refractivity contribution is 14.1. The van der Waals surface area contributed by atoms with Gasteiger partial charge in [0, 0.05) is 3.57 Å². The van der Waals surface area contributed by atoms with E-state index in [9.17, 15) is 8.78 Å². The molecule has 1 rings (SSSR count). The summed E-state index contributed by atoms with van der Waals surface area (Å²) in [5, 5.41) is 8.66. The fourth-order valence-corrected chi connectivity index (χ4v) is 1.11. The first-order valence-corrected chi connectivity index (χ1v) is 3.52. The third kappa shape index (κ3) is 1.36. The standard InChI is InChI=1S/C6H3F2IO/c7-4-1-3(9)2-5(10)6(4)8/h1-2,10H. The van der Waals surface area contributed by atoms with Crippen molar-refractivity contribution in [3.05, 3.63) is 27.3 Å². The van der Waals surface area contributed by atoms with Crippen molar-refractivity contribution in [3.63, 3.8) is 0 Å². The van der Waals surface area contributed by atoms with Gasteiger partial charge in [0.2, 0.25) is 0 Å². The molecule has 4 heteroatoms. The van der Waals surface area contributed by atoms with Crippen molar-refractivity contribution >= 4 is 22.6 Å². The average Bonchev–Trinajstić information content (AvgIpc) is 1.82. The molecule has 0 radical (unpaired) electrons. The molecule has 0 spiro atoms. The first kappa shape index (κ1) is 7.71. The number of rotatable bonds is 0. The third-order valence-electron chi connectivity index (χ3n) is 0.974. The van der Waals surface area contributed by atoms with E-state index in [0.29, 0.717) is 3.57 Å². The molecule has 0 heterocycles. The van der Waals surface area contributed by atoms with Crippen LogP contribution in [0.15, 0.2) is 12.1 Å². The van der Waals surface area contributed by atoms with Crippen molar-refractivity contribution in [2.45, 2.75) is 0 Å². The van der Waals surface area contributed by atoms with Crippen LogP contribution in [-0.2, 0) is 0 Å². The number of phenols is 1. The molecule has 10 heavy (non-hydrogen) atoms. The highest BCUT2D eigenvalue weighted by atomic mass is 127. The van der Waals surface area contributed by atoms with Crippen molar-refractivity contribution < 1.29 is 13.9 Å². The van der Waals surface area contributed by atoms with Gasteiger partial charge < -0.3 is 5.11 Å². The molecule has 0 aliphatic carbocycles. The van der Waals surface area contributed by atoms with E-state index in [2.05, 4.69) is 0 Å². The Balaban J connectivity index is 3.31. The average molecular weight is 256 g/mol. The maximum atomic E-state index is 12.3. The lowest BCUT2D eigenvalue weighted by atomic mass is 10.3. The van der Waals surface area contributed by atoms with Crippen LogP contribution < -0.4 is 0 Å². The van der Waals surface area contributed by atoms with Crippen LogP contribution in [0.3, 0.4) is 0 Å². The summed E-state index contributed by atoms with van der Waals surface area (Å²) in [7, 11) is 0. The summed E-state index contributed by atoms with van der Waals surface area (Å²) in [6.45, 7) is 0. The smallest absolute Gasteiger partial charge is 0.200 e. The molecule has 0 amide bonds. The molecule has 1 aromatic rings. The van der Waals surface area contributed by atoms with Crippen LogP contribution in [0.25, 0.3) is 0 Å². The van der Waals surface area contributed by atoms with Crippen LogP contribution in [0.5, 0.6) is 5.75 Å². The van der Waals surface area contributed by atoms with Crippen LogP contribution in [-0.4, -0.2) is 5.11 Å². The predicted octanol–water partition coefficient (Wildman–Crippen LogP) is 2.28. The van der Waals surface area contributed by atoms with Gasteiger partial charge in [0.15, 0.2) is 17.4 Å². The SMILES string of the molecule is Oc1cc(I)cc(F)c1F. The molecule has 0 bridgehead atoms. The van der Waals surface area contributed by atoms with Crippen LogP contribution in [0.1, 0.15) is 0 Å². The molecule has 1 aromatic carbocycles. The summed E-state index contributed by atoms with van der Waals surface area (Å²) in [6.07, 6.45) is 0. The highest BCUT2D eigenvalue weighted by Gasteiger charge is 2.07. The van der Waals surface area contributed by atoms with Gasteiger partial charge >= 0.3 is 0 Å². The molecular formula is C6H3F2IO. The number of aromatic hydroxyl groups is 1. The van der Waals surface area contributed by atoms with Gasteiger partial charge in [0.25, 0.3) is 0 Å². The third-order valence-corrected chi connectivity index (χ3v) is 1.60. The maximum Gasteiger partial charge on any atom is 0.200 e. The minimum Gasteiger partial charge on any atom is -0.505 e. The van der Waals surface area contributed by atoms with E-state index in [1.165, 1.54) is 0 Å². The van der Waals surface area contributed by atoms with E-state index in [1.54, 1.807) is 22.6 Å². The molecule has 0 fully saturated rings. The van der Waals surface area contributed by atoms with Crippen molar-refractivity contribution in [2.24, 2.45) is 0 Å². The second kappa shape index (κ2) is 2.69. The summed E-state index contributed by atoms with van der Waals surface area (Å²) in [4.78, 5) is 0. The molecule has 1 N–H and O–H groups in total. The van der Waals surface area contributed by atoms with Gasteiger partial charge in [-0.15, -0.1) is 0 Å². The quantitative estimate of drug-likeness (QED) is 0.557. The molecule has 0 aliphatic heterocycles. The van der Waals surface area contributed by atoms with E-state index in [0.717, 1.165) is 12.1 Å². The van der Waals surface area contributed by atoms with Gasteiger partial charge in [-0.2, -0.15) is 4.39 Å². The summed E-state index contributed by atoms with van der Waals surface area (Å²) >= 11 is 1.78. The van der Waals surface area contributed by atoms with E-state index in [-0.39, 0.29) is 0 Å². The molecule has 54 valence electrons. The summed E-state index contributed by atoms with van der Waals surface area (Å²) in [5.41, 5.74) is 0. The van der Waals surface area contributed by atoms with Gasteiger partial charge in [-0.1, -0.05) is 0 Å². The van der Waals surface area contributed by atoms with Crippen molar-refractivity contribution in [3.8, 4) is 5.75 Å². The van der Waals surface area contributed by atoms with Crippen LogP contribution in [0, 0.1) is 15.2 Å². The Kier molecular flexibility index (Phi) is 2.08. The molecule has 0 unspecified atom stereocenters. The van der Waals surface area contributed by atoms with Crippen LogP contribution in [0.4, 0.5) is 8.78 Å². The lowest BCUT2D eigenvalue weighted by molar-refractivity contribution is 0.406. The van der Waals surface area contributed by atoms with Crippen molar-refractivity contribution in [2.75, 3.05) is 0 Å². The summed E-state index contributed by atoms with van der Waals surface area (Å²) < 4.78 is 25.0. The Morgan fingerprint density at radius 3 is 2.40 bits per heavy atom. The van der Waals surface area contributed by atoms with E-state index in [1.807, 2.05) is 0 Å². The Morgan fingerprint density at radius 2 is 1.90 bits per heavy atom. The lowest BCUT2D eigenvalue weighted by Gasteiger charge is -1.96. The monoisotopic (exact) mass is 256 g/mol.